The minimum Gasteiger partial charge on any atom is -0.477 e. The summed E-state index contributed by atoms with van der Waals surface area (Å²) in [4.78, 5) is 39.2. The summed E-state index contributed by atoms with van der Waals surface area (Å²) in [6.07, 6.45) is 0.592. The molecule has 0 radical (unpaired) electrons. The monoisotopic (exact) mass is 569 g/mol. The van der Waals surface area contributed by atoms with Crippen LogP contribution in [-0.4, -0.2) is 66.1 Å². The van der Waals surface area contributed by atoms with E-state index >= 15 is 0 Å². The SMILES string of the molecule is CC[C@H](O)[C@@H]1C(=O)N2C(C(=O)O)=C(S[C@H]3CCN(C(C)c4ccccc4)C3)S[C@]12Cc1ccc([N+](=O)[O-])cc1. The molecule has 9 nitrogen and oxygen atoms in total. The van der Waals surface area contributed by atoms with E-state index in [0.29, 0.717) is 10.7 Å². The Bertz CT molecular complexity index is 1300. The molecule has 206 valence electrons. The number of nitro groups is 1. The highest BCUT2D eigenvalue weighted by atomic mass is 32.2. The van der Waals surface area contributed by atoms with Crippen LogP contribution in [0.15, 0.2) is 64.5 Å². The molecule has 2 aromatic rings. The van der Waals surface area contributed by atoms with Crippen LogP contribution in [0.1, 0.15) is 43.9 Å². The average Bonchev–Trinajstić information content (AvgIpc) is 3.50. The number of thioether (sulfide) groups is 2. The fourth-order valence-corrected chi connectivity index (χ4v) is 9.42. The summed E-state index contributed by atoms with van der Waals surface area (Å²) in [5.41, 5.74) is 1.90. The van der Waals surface area contributed by atoms with E-state index in [9.17, 15) is 29.9 Å². The standard InChI is InChI=1S/C28H31N3O6S2/c1-3-22(32)23-25(33)30-24(26(34)35)27(39-28(23,30)15-18-9-11-20(12-10-18)31(36)37)38-21-13-14-29(16-21)17(2)19-7-5-4-6-8-19/h4-12,17,21-23,32H,3,13-16H2,1-2H3,(H,34,35)/t17?,21-,22-,23+,28+/m0/s1. The minimum atomic E-state index is -1.17. The van der Waals surface area contributed by atoms with Gasteiger partial charge in [0.25, 0.3) is 5.69 Å². The van der Waals surface area contributed by atoms with E-state index in [2.05, 4.69) is 24.0 Å². The number of carbonyl (C=O) groups excluding carboxylic acids is 1. The van der Waals surface area contributed by atoms with Crippen molar-refractivity contribution in [2.45, 2.75) is 55.4 Å². The van der Waals surface area contributed by atoms with Crippen molar-refractivity contribution in [3.8, 4) is 0 Å². The summed E-state index contributed by atoms with van der Waals surface area (Å²) in [6, 6.07) is 16.6. The number of β-lactam (4-membered cyclic amide) rings is 1. The summed E-state index contributed by atoms with van der Waals surface area (Å²) in [5.74, 6) is -2.33. The van der Waals surface area contributed by atoms with Gasteiger partial charge >= 0.3 is 5.97 Å². The molecule has 2 fully saturated rings. The molecule has 0 spiro atoms. The normalized spacial score (nSPS) is 26.3. The van der Waals surface area contributed by atoms with E-state index in [1.165, 1.54) is 46.1 Å². The predicted octanol–water partition coefficient (Wildman–Crippen LogP) is 4.63. The first-order chi connectivity index (χ1) is 18.7. The molecule has 3 aliphatic rings. The van der Waals surface area contributed by atoms with Crippen LogP contribution in [0.25, 0.3) is 0 Å². The maximum Gasteiger partial charge on any atom is 0.354 e. The number of benzene rings is 2. The average molecular weight is 570 g/mol. The van der Waals surface area contributed by atoms with Crippen LogP contribution in [0.3, 0.4) is 0 Å². The first kappa shape index (κ1) is 27.7. The van der Waals surface area contributed by atoms with Crippen molar-refractivity contribution < 1.29 is 24.7 Å². The van der Waals surface area contributed by atoms with Gasteiger partial charge in [-0.1, -0.05) is 61.2 Å². The van der Waals surface area contributed by atoms with Crippen molar-refractivity contribution in [3.63, 3.8) is 0 Å². The van der Waals surface area contributed by atoms with E-state index in [1.807, 2.05) is 18.2 Å². The zero-order chi connectivity index (χ0) is 27.9. The summed E-state index contributed by atoms with van der Waals surface area (Å²) in [5, 5.41) is 32.3. The van der Waals surface area contributed by atoms with Crippen LogP contribution in [0.4, 0.5) is 5.69 Å². The zero-order valence-corrected chi connectivity index (χ0v) is 23.4. The number of nitro benzene ring substituents is 1. The number of fused-ring (bicyclic) bond motifs is 1. The topological polar surface area (TPSA) is 124 Å². The lowest BCUT2D eigenvalue weighted by Gasteiger charge is -2.54. The first-order valence-electron chi connectivity index (χ1n) is 13.0. The Balaban J connectivity index is 1.40. The number of carboxylic acid groups (broad SMARTS) is 1. The Labute approximate surface area is 235 Å². The van der Waals surface area contributed by atoms with Crippen LogP contribution in [-0.2, 0) is 16.0 Å². The molecule has 0 aliphatic carbocycles. The molecule has 0 saturated carbocycles. The fourth-order valence-electron chi connectivity index (χ4n) is 5.81. The maximum atomic E-state index is 13.3. The highest BCUT2D eigenvalue weighted by Crippen LogP contribution is 2.63. The third kappa shape index (κ3) is 4.97. The van der Waals surface area contributed by atoms with Gasteiger partial charge in [-0.3, -0.25) is 24.7 Å². The van der Waals surface area contributed by atoms with Crippen LogP contribution < -0.4 is 0 Å². The van der Waals surface area contributed by atoms with Crippen molar-refractivity contribution in [2.75, 3.05) is 13.1 Å². The predicted molar refractivity (Wildman–Crippen MR) is 151 cm³/mol. The van der Waals surface area contributed by atoms with Crippen molar-refractivity contribution in [1.29, 1.82) is 0 Å². The van der Waals surface area contributed by atoms with E-state index in [4.69, 9.17) is 0 Å². The molecule has 2 saturated heterocycles. The molecule has 39 heavy (non-hydrogen) atoms. The van der Waals surface area contributed by atoms with E-state index < -0.39 is 33.7 Å². The van der Waals surface area contributed by atoms with Gasteiger partial charge in [0.1, 0.15) is 4.87 Å². The molecule has 2 N–H and O–H groups in total. The number of aliphatic hydroxyl groups excluding tert-OH is 1. The van der Waals surface area contributed by atoms with Gasteiger partial charge in [-0.25, -0.2) is 4.79 Å². The third-order valence-corrected chi connectivity index (χ3v) is 10.9. The molecule has 0 aromatic heterocycles. The lowest BCUT2D eigenvalue weighted by molar-refractivity contribution is -0.384. The molecule has 5 atom stereocenters. The maximum absolute atomic E-state index is 13.3. The van der Waals surface area contributed by atoms with Gasteiger partial charge in [0.15, 0.2) is 5.70 Å². The number of likely N-dealkylation sites (tertiary alicyclic amines) is 1. The van der Waals surface area contributed by atoms with E-state index in [-0.39, 0.29) is 29.1 Å². The van der Waals surface area contributed by atoms with Crippen molar-refractivity contribution in [1.82, 2.24) is 9.80 Å². The number of non-ortho nitro benzene ring substituents is 1. The quantitative estimate of drug-likeness (QED) is 0.239. The van der Waals surface area contributed by atoms with Gasteiger partial charge in [-0.15, -0.1) is 11.8 Å². The summed E-state index contributed by atoms with van der Waals surface area (Å²) in [6.45, 7) is 5.65. The Kier molecular flexibility index (Phi) is 7.78. The Morgan fingerprint density at radius 1 is 1.23 bits per heavy atom. The zero-order valence-electron chi connectivity index (χ0n) is 21.7. The Morgan fingerprint density at radius 2 is 1.92 bits per heavy atom. The fraction of sp³-hybridized carbons (Fsp3) is 0.429. The molecule has 2 aromatic carbocycles. The number of aliphatic carboxylic acids is 1. The number of aliphatic hydroxyl groups is 1. The van der Waals surface area contributed by atoms with E-state index in [1.54, 1.807) is 19.1 Å². The Hall–Kier alpha value is -2.86. The van der Waals surface area contributed by atoms with Crippen molar-refractivity contribution in [2.24, 2.45) is 5.92 Å². The molecule has 1 amide bonds. The number of hydrogen-bond acceptors (Lipinski definition) is 8. The van der Waals surface area contributed by atoms with Gasteiger partial charge < -0.3 is 10.2 Å². The number of hydrogen-bond donors (Lipinski definition) is 2. The number of rotatable bonds is 10. The second kappa shape index (κ2) is 11.0. The molecule has 11 heteroatoms. The van der Waals surface area contributed by atoms with Crippen LogP contribution in [0.2, 0.25) is 0 Å². The van der Waals surface area contributed by atoms with Crippen molar-refractivity contribution >= 4 is 41.1 Å². The summed E-state index contributed by atoms with van der Waals surface area (Å²) < 4.78 is 0.586. The second-order valence-electron chi connectivity index (χ2n) is 10.2. The summed E-state index contributed by atoms with van der Waals surface area (Å²) in [7, 11) is 0. The van der Waals surface area contributed by atoms with Crippen LogP contribution in [0, 0.1) is 16.0 Å². The molecule has 0 bridgehead atoms. The largest absolute Gasteiger partial charge is 0.477 e. The van der Waals surface area contributed by atoms with Gasteiger partial charge in [-0.05, 0) is 37.4 Å². The highest BCUT2D eigenvalue weighted by molar-refractivity contribution is 8.23. The lowest BCUT2D eigenvalue weighted by Crippen LogP contribution is -2.71. The van der Waals surface area contributed by atoms with Crippen LogP contribution >= 0.6 is 23.5 Å². The number of amides is 1. The molecular weight excluding hydrogens is 538 g/mol. The van der Waals surface area contributed by atoms with Gasteiger partial charge in [0.2, 0.25) is 5.91 Å². The number of carbonyl (C=O) groups is 2. The molecule has 3 aliphatic heterocycles. The Morgan fingerprint density at radius 3 is 2.54 bits per heavy atom. The second-order valence-corrected chi connectivity index (χ2v) is 13.1. The van der Waals surface area contributed by atoms with Gasteiger partial charge in [0, 0.05) is 36.4 Å². The molecular formula is C28H31N3O6S2. The number of carboxylic acids is 1. The molecule has 5 rings (SSSR count). The smallest absolute Gasteiger partial charge is 0.354 e. The van der Waals surface area contributed by atoms with Gasteiger partial charge in [0.05, 0.1) is 21.2 Å². The first-order valence-corrected chi connectivity index (χ1v) is 14.7. The molecule has 3 heterocycles. The van der Waals surface area contributed by atoms with Crippen LogP contribution in [0.5, 0.6) is 0 Å². The lowest BCUT2D eigenvalue weighted by atomic mass is 9.77. The number of nitrogens with zero attached hydrogens (tertiary/aromatic N) is 3. The highest BCUT2D eigenvalue weighted by Gasteiger charge is 2.68. The minimum absolute atomic E-state index is 0.0222. The molecule has 1 unspecified atom stereocenters. The third-order valence-electron chi connectivity index (χ3n) is 7.93. The van der Waals surface area contributed by atoms with Gasteiger partial charge in [-0.2, -0.15) is 0 Å². The van der Waals surface area contributed by atoms with Crippen molar-refractivity contribution in [3.05, 3.63) is 85.8 Å². The van der Waals surface area contributed by atoms with E-state index in [0.717, 1.165) is 25.1 Å². The summed E-state index contributed by atoms with van der Waals surface area (Å²) >= 11 is 2.86.